The summed E-state index contributed by atoms with van der Waals surface area (Å²) in [4.78, 5) is 0. The van der Waals surface area contributed by atoms with E-state index in [1.165, 1.54) is 32.1 Å². The van der Waals surface area contributed by atoms with Crippen molar-refractivity contribution in [2.45, 2.75) is 91.1 Å². The SMILES string of the molecule is CCCCC(CC)CCC(CC(OC)OC)OC(C)C. The van der Waals surface area contributed by atoms with Crippen molar-refractivity contribution >= 4 is 0 Å². The first kappa shape index (κ1) is 19.9. The molecule has 0 aliphatic heterocycles. The van der Waals surface area contributed by atoms with Crippen LogP contribution in [0.1, 0.15) is 72.6 Å². The zero-order valence-electron chi connectivity index (χ0n) is 14.5. The maximum atomic E-state index is 6.02. The number of ether oxygens (including phenoxy) is 3. The van der Waals surface area contributed by atoms with Crippen LogP contribution in [0, 0.1) is 5.92 Å². The number of rotatable bonds is 13. The molecular weight excluding hydrogens is 252 g/mol. The molecule has 0 saturated heterocycles. The van der Waals surface area contributed by atoms with Crippen molar-refractivity contribution in [1.82, 2.24) is 0 Å². The molecule has 3 heteroatoms. The Bertz CT molecular complexity index is 202. The van der Waals surface area contributed by atoms with Crippen molar-refractivity contribution < 1.29 is 14.2 Å². The summed E-state index contributed by atoms with van der Waals surface area (Å²) in [6, 6.07) is 0. The molecule has 122 valence electrons. The lowest BCUT2D eigenvalue weighted by atomic mass is 9.92. The van der Waals surface area contributed by atoms with Crippen molar-refractivity contribution in [3.8, 4) is 0 Å². The minimum Gasteiger partial charge on any atom is -0.375 e. The van der Waals surface area contributed by atoms with E-state index in [1.807, 2.05) is 0 Å². The fourth-order valence-electron chi connectivity index (χ4n) is 2.60. The molecule has 20 heavy (non-hydrogen) atoms. The van der Waals surface area contributed by atoms with Crippen LogP contribution in [0.25, 0.3) is 0 Å². The van der Waals surface area contributed by atoms with Gasteiger partial charge in [0.1, 0.15) is 0 Å². The van der Waals surface area contributed by atoms with Gasteiger partial charge in [0, 0.05) is 20.6 Å². The first-order valence-electron chi connectivity index (χ1n) is 8.28. The Morgan fingerprint density at radius 3 is 2.00 bits per heavy atom. The van der Waals surface area contributed by atoms with Crippen LogP contribution in [0.3, 0.4) is 0 Å². The summed E-state index contributed by atoms with van der Waals surface area (Å²) < 4.78 is 16.6. The molecule has 0 saturated carbocycles. The lowest BCUT2D eigenvalue weighted by Crippen LogP contribution is -2.26. The Balaban J connectivity index is 4.25. The van der Waals surface area contributed by atoms with Gasteiger partial charge in [-0.05, 0) is 32.6 Å². The van der Waals surface area contributed by atoms with E-state index < -0.39 is 0 Å². The van der Waals surface area contributed by atoms with Crippen molar-refractivity contribution in [1.29, 1.82) is 0 Å². The van der Waals surface area contributed by atoms with Crippen LogP contribution >= 0.6 is 0 Å². The first-order chi connectivity index (χ1) is 9.57. The minimum atomic E-state index is -0.158. The first-order valence-corrected chi connectivity index (χ1v) is 8.28. The Labute approximate surface area is 126 Å². The molecule has 0 N–H and O–H groups in total. The second-order valence-corrected chi connectivity index (χ2v) is 5.94. The van der Waals surface area contributed by atoms with Crippen LogP contribution < -0.4 is 0 Å². The van der Waals surface area contributed by atoms with Gasteiger partial charge < -0.3 is 14.2 Å². The van der Waals surface area contributed by atoms with Crippen molar-refractivity contribution in [3.05, 3.63) is 0 Å². The maximum absolute atomic E-state index is 6.02. The van der Waals surface area contributed by atoms with Gasteiger partial charge in [0.25, 0.3) is 0 Å². The highest BCUT2D eigenvalue weighted by atomic mass is 16.7. The van der Waals surface area contributed by atoms with Gasteiger partial charge >= 0.3 is 0 Å². The Kier molecular flexibility index (Phi) is 12.5. The fraction of sp³-hybridized carbons (Fsp3) is 1.00. The van der Waals surface area contributed by atoms with Crippen molar-refractivity contribution in [2.24, 2.45) is 5.92 Å². The van der Waals surface area contributed by atoms with Crippen LogP contribution in [0.4, 0.5) is 0 Å². The lowest BCUT2D eigenvalue weighted by molar-refractivity contribution is -0.136. The monoisotopic (exact) mass is 288 g/mol. The largest absolute Gasteiger partial charge is 0.375 e. The summed E-state index contributed by atoms with van der Waals surface area (Å²) in [5.41, 5.74) is 0. The number of hydrogen-bond donors (Lipinski definition) is 0. The van der Waals surface area contributed by atoms with E-state index in [0.717, 1.165) is 18.8 Å². The molecule has 0 amide bonds. The highest BCUT2D eigenvalue weighted by molar-refractivity contribution is 4.66. The topological polar surface area (TPSA) is 27.7 Å². The molecule has 0 aromatic rings. The van der Waals surface area contributed by atoms with Gasteiger partial charge in [-0.25, -0.2) is 0 Å². The van der Waals surface area contributed by atoms with Crippen molar-refractivity contribution in [2.75, 3.05) is 14.2 Å². The summed E-state index contributed by atoms with van der Waals surface area (Å²) in [5, 5.41) is 0. The third-order valence-corrected chi connectivity index (χ3v) is 3.89. The van der Waals surface area contributed by atoms with Crippen LogP contribution in [-0.2, 0) is 14.2 Å². The van der Waals surface area contributed by atoms with Crippen molar-refractivity contribution in [3.63, 3.8) is 0 Å². The van der Waals surface area contributed by atoms with E-state index >= 15 is 0 Å². The maximum Gasteiger partial charge on any atom is 0.159 e. The molecule has 2 unspecified atom stereocenters. The third-order valence-electron chi connectivity index (χ3n) is 3.89. The third kappa shape index (κ3) is 9.73. The van der Waals surface area contributed by atoms with E-state index in [4.69, 9.17) is 14.2 Å². The fourth-order valence-corrected chi connectivity index (χ4v) is 2.60. The molecule has 0 aromatic carbocycles. The quantitative estimate of drug-likeness (QED) is 0.456. The molecule has 2 atom stereocenters. The van der Waals surface area contributed by atoms with E-state index in [0.29, 0.717) is 0 Å². The highest BCUT2D eigenvalue weighted by Crippen LogP contribution is 2.23. The van der Waals surface area contributed by atoms with Crippen LogP contribution in [0.2, 0.25) is 0 Å². The molecule has 0 aromatic heterocycles. The molecule has 0 heterocycles. The van der Waals surface area contributed by atoms with Crippen LogP contribution in [0.15, 0.2) is 0 Å². The molecule has 0 bridgehead atoms. The molecular formula is C17H36O3. The van der Waals surface area contributed by atoms with E-state index in [-0.39, 0.29) is 18.5 Å². The van der Waals surface area contributed by atoms with Gasteiger partial charge in [-0.1, -0.05) is 39.5 Å². The van der Waals surface area contributed by atoms with Gasteiger partial charge in [-0.3, -0.25) is 0 Å². The standard InChI is InChI=1S/C17H36O3/c1-7-9-10-15(8-2)11-12-16(20-14(3)4)13-17(18-5)19-6/h14-17H,7-13H2,1-6H3. The molecule has 0 radical (unpaired) electrons. The molecule has 0 spiro atoms. The predicted molar refractivity (Wildman–Crippen MR) is 85.0 cm³/mol. The summed E-state index contributed by atoms with van der Waals surface area (Å²) in [6.07, 6.45) is 8.74. The molecule has 0 aliphatic rings. The predicted octanol–water partition coefficient (Wildman–Crippen LogP) is 4.79. The zero-order valence-corrected chi connectivity index (χ0v) is 14.5. The van der Waals surface area contributed by atoms with Gasteiger partial charge in [-0.2, -0.15) is 0 Å². The Morgan fingerprint density at radius 1 is 0.900 bits per heavy atom. The number of unbranched alkanes of at least 4 members (excludes halogenated alkanes) is 1. The molecule has 0 rings (SSSR count). The smallest absolute Gasteiger partial charge is 0.159 e. The van der Waals surface area contributed by atoms with E-state index in [9.17, 15) is 0 Å². The van der Waals surface area contributed by atoms with E-state index in [1.54, 1.807) is 14.2 Å². The molecule has 0 fully saturated rings. The molecule has 3 nitrogen and oxygen atoms in total. The average Bonchev–Trinajstić information content (AvgIpc) is 2.43. The second kappa shape index (κ2) is 12.6. The Morgan fingerprint density at radius 2 is 1.55 bits per heavy atom. The average molecular weight is 288 g/mol. The van der Waals surface area contributed by atoms with Crippen LogP contribution in [0.5, 0.6) is 0 Å². The minimum absolute atomic E-state index is 0.158. The summed E-state index contributed by atoms with van der Waals surface area (Å²) >= 11 is 0. The summed E-state index contributed by atoms with van der Waals surface area (Å²) in [5.74, 6) is 0.830. The molecule has 0 aliphatic carbocycles. The summed E-state index contributed by atoms with van der Waals surface area (Å²) in [7, 11) is 3.38. The number of methoxy groups -OCH3 is 2. The highest BCUT2D eigenvalue weighted by Gasteiger charge is 2.19. The Hall–Kier alpha value is -0.120. The van der Waals surface area contributed by atoms with Gasteiger partial charge in [-0.15, -0.1) is 0 Å². The van der Waals surface area contributed by atoms with Gasteiger partial charge in [0.2, 0.25) is 0 Å². The number of hydrogen-bond acceptors (Lipinski definition) is 3. The lowest BCUT2D eigenvalue weighted by Gasteiger charge is -2.25. The normalized spacial score (nSPS) is 15.0. The van der Waals surface area contributed by atoms with E-state index in [2.05, 4.69) is 27.7 Å². The van der Waals surface area contributed by atoms with Gasteiger partial charge in [0.05, 0.1) is 12.2 Å². The zero-order chi connectivity index (χ0) is 15.4. The second-order valence-electron chi connectivity index (χ2n) is 5.94. The van der Waals surface area contributed by atoms with Crippen LogP contribution in [-0.4, -0.2) is 32.7 Å². The summed E-state index contributed by atoms with van der Waals surface area (Å²) in [6.45, 7) is 8.75. The van der Waals surface area contributed by atoms with Gasteiger partial charge in [0.15, 0.2) is 6.29 Å².